The van der Waals surface area contributed by atoms with E-state index in [0.717, 1.165) is 25.2 Å². The summed E-state index contributed by atoms with van der Waals surface area (Å²) < 4.78 is 0. The van der Waals surface area contributed by atoms with E-state index in [1.165, 1.54) is 15.4 Å². The molecular formula is C18H25N3O2+2. The van der Waals surface area contributed by atoms with Crippen LogP contribution in [-0.2, 0) is 13.1 Å². The molecule has 0 saturated heterocycles. The topological polar surface area (TPSA) is 52.0 Å². The van der Waals surface area contributed by atoms with Gasteiger partial charge in [-0.05, 0) is 6.07 Å². The highest BCUT2D eigenvalue weighted by Crippen LogP contribution is 2.16. The molecule has 0 aliphatic rings. The zero-order chi connectivity index (χ0) is 16.7. The van der Waals surface area contributed by atoms with Crippen molar-refractivity contribution in [2.45, 2.75) is 13.1 Å². The van der Waals surface area contributed by atoms with Crippen molar-refractivity contribution < 1.29 is 14.7 Å². The fraction of sp³-hybridized carbons (Fsp3) is 0.333. The lowest BCUT2D eigenvalue weighted by Gasteiger charge is -2.20. The van der Waals surface area contributed by atoms with Gasteiger partial charge in [-0.15, -0.1) is 0 Å². The number of nitro benzene ring substituents is 1. The Morgan fingerprint density at radius 2 is 1.57 bits per heavy atom. The number of rotatable bonds is 8. The molecule has 1 atom stereocenters. The Morgan fingerprint density at radius 1 is 0.913 bits per heavy atom. The molecule has 0 aromatic heterocycles. The number of nitrogens with one attached hydrogen (secondary N) is 2. The van der Waals surface area contributed by atoms with Gasteiger partial charge in [0, 0.05) is 11.6 Å². The van der Waals surface area contributed by atoms with Gasteiger partial charge in [0.1, 0.15) is 26.2 Å². The average molecular weight is 315 g/mol. The predicted molar refractivity (Wildman–Crippen MR) is 90.5 cm³/mol. The van der Waals surface area contributed by atoms with Crippen LogP contribution in [0.4, 0.5) is 5.69 Å². The summed E-state index contributed by atoms with van der Waals surface area (Å²) in [5.74, 6) is 0. The summed E-state index contributed by atoms with van der Waals surface area (Å²) in [5.41, 5.74) is 2.28. The fourth-order valence-corrected chi connectivity index (χ4v) is 2.66. The Labute approximate surface area is 137 Å². The minimum atomic E-state index is -0.285. The molecule has 0 fully saturated rings. The molecule has 23 heavy (non-hydrogen) atoms. The van der Waals surface area contributed by atoms with E-state index < -0.39 is 0 Å². The van der Waals surface area contributed by atoms with Crippen LogP contribution in [0.5, 0.6) is 0 Å². The van der Waals surface area contributed by atoms with Crippen molar-refractivity contribution in [2.75, 3.05) is 27.2 Å². The number of benzene rings is 2. The zero-order valence-electron chi connectivity index (χ0n) is 13.8. The summed E-state index contributed by atoms with van der Waals surface area (Å²) in [6.45, 7) is 3.55. The second-order valence-corrected chi connectivity index (χ2v) is 6.18. The van der Waals surface area contributed by atoms with Crippen LogP contribution in [0.25, 0.3) is 0 Å². The standard InChI is InChI=1S/C18H23N3O2/c1-19(2)12-13-20(14-16-8-4-3-5-9-16)15-17-10-6-7-11-18(17)21(22)23/h3-11H,12-15H2,1-2H3/p+2. The fourth-order valence-electron chi connectivity index (χ4n) is 2.66. The van der Waals surface area contributed by atoms with Gasteiger partial charge in [0.2, 0.25) is 0 Å². The SMILES string of the molecule is C[NH+](C)CC[NH+](Cc1ccccc1)Cc1ccccc1[N+](=O)[O-]. The average Bonchev–Trinajstić information content (AvgIpc) is 2.54. The van der Waals surface area contributed by atoms with Crippen molar-refractivity contribution in [1.82, 2.24) is 0 Å². The third kappa shape index (κ3) is 5.47. The van der Waals surface area contributed by atoms with Crippen LogP contribution in [0, 0.1) is 10.1 Å². The van der Waals surface area contributed by atoms with E-state index in [9.17, 15) is 10.1 Å². The summed E-state index contributed by atoms with van der Waals surface area (Å²) in [6.07, 6.45) is 0. The summed E-state index contributed by atoms with van der Waals surface area (Å²) >= 11 is 0. The molecule has 2 rings (SSSR count). The number of para-hydroxylation sites is 1. The number of hydrogen-bond acceptors (Lipinski definition) is 2. The van der Waals surface area contributed by atoms with Crippen LogP contribution < -0.4 is 9.80 Å². The highest BCUT2D eigenvalue weighted by Gasteiger charge is 2.19. The summed E-state index contributed by atoms with van der Waals surface area (Å²) in [4.78, 5) is 13.7. The maximum Gasteiger partial charge on any atom is 0.278 e. The maximum absolute atomic E-state index is 11.2. The third-order valence-corrected chi connectivity index (χ3v) is 3.90. The normalized spacial score (nSPS) is 12.3. The van der Waals surface area contributed by atoms with Gasteiger partial charge < -0.3 is 9.80 Å². The van der Waals surface area contributed by atoms with E-state index >= 15 is 0 Å². The predicted octanol–water partition coefficient (Wildman–Crippen LogP) is 0.324. The Bertz CT molecular complexity index is 629. The first-order valence-corrected chi connectivity index (χ1v) is 7.95. The van der Waals surface area contributed by atoms with Gasteiger partial charge in [0.25, 0.3) is 5.69 Å². The molecule has 0 spiro atoms. The lowest BCUT2D eigenvalue weighted by molar-refractivity contribution is -0.960. The number of nitro groups is 1. The highest BCUT2D eigenvalue weighted by molar-refractivity contribution is 5.39. The van der Waals surface area contributed by atoms with Crippen LogP contribution in [0.1, 0.15) is 11.1 Å². The molecule has 0 amide bonds. The number of hydrogen-bond donors (Lipinski definition) is 2. The molecule has 0 bridgehead atoms. The molecule has 0 heterocycles. The Kier molecular flexibility index (Phi) is 6.26. The molecule has 0 aliphatic heterocycles. The molecule has 5 heteroatoms. The van der Waals surface area contributed by atoms with Crippen molar-refractivity contribution in [3.63, 3.8) is 0 Å². The van der Waals surface area contributed by atoms with E-state index in [2.05, 4.69) is 26.2 Å². The van der Waals surface area contributed by atoms with Crippen molar-refractivity contribution in [3.05, 3.63) is 75.8 Å². The van der Waals surface area contributed by atoms with Crippen molar-refractivity contribution in [1.29, 1.82) is 0 Å². The lowest BCUT2D eigenvalue weighted by Crippen LogP contribution is -3.16. The molecule has 2 aromatic rings. The summed E-state index contributed by atoms with van der Waals surface area (Å²) in [7, 11) is 4.26. The third-order valence-electron chi connectivity index (χ3n) is 3.90. The van der Waals surface area contributed by atoms with Crippen LogP contribution >= 0.6 is 0 Å². The Morgan fingerprint density at radius 3 is 2.22 bits per heavy atom. The largest absolute Gasteiger partial charge is 0.335 e. The number of quaternary nitrogens is 2. The molecule has 122 valence electrons. The first-order chi connectivity index (χ1) is 11.1. The minimum Gasteiger partial charge on any atom is -0.335 e. The quantitative estimate of drug-likeness (QED) is 0.545. The van der Waals surface area contributed by atoms with Crippen LogP contribution in [0.15, 0.2) is 54.6 Å². The molecule has 2 N–H and O–H groups in total. The van der Waals surface area contributed by atoms with Gasteiger partial charge in [-0.25, -0.2) is 0 Å². The van der Waals surface area contributed by atoms with Crippen LogP contribution in [0.2, 0.25) is 0 Å². The van der Waals surface area contributed by atoms with Gasteiger partial charge in [-0.1, -0.05) is 42.5 Å². The minimum absolute atomic E-state index is 0.218. The van der Waals surface area contributed by atoms with Crippen molar-refractivity contribution >= 4 is 5.69 Å². The van der Waals surface area contributed by atoms with Gasteiger partial charge in [-0.3, -0.25) is 10.1 Å². The van der Waals surface area contributed by atoms with Gasteiger partial charge in [-0.2, -0.15) is 0 Å². The highest BCUT2D eigenvalue weighted by atomic mass is 16.6. The molecule has 2 aromatic carbocycles. The molecule has 1 unspecified atom stereocenters. The summed E-state index contributed by atoms with van der Waals surface area (Å²) in [6, 6.07) is 17.4. The first kappa shape index (κ1) is 17.1. The van der Waals surface area contributed by atoms with E-state index in [1.807, 2.05) is 30.3 Å². The molecule has 0 radical (unpaired) electrons. The Hall–Kier alpha value is -2.24. The van der Waals surface area contributed by atoms with Gasteiger partial charge in [0.15, 0.2) is 0 Å². The monoisotopic (exact) mass is 315 g/mol. The second-order valence-electron chi connectivity index (χ2n) is 6.18. The van der Waals surface area contributed by atoms with Crippen LogP contribution in [-0.4, -0.2) is 32.1 Å². The summed E-state index contributed by atoms with van der Waals surface area (Å²) in [5, 5.41) is 11.2. The van der Waals surface area contributed by atoms with Gasteiger partial charge in [0.05, 0.1) is 24.6 Å². The van der Waals surface area contributed by atoms with E-state index in [0.29, 0.717) is 6.54 Å². The molecule has 5 nitrogen and oxygen atoms in total. The van der Waals surface area contributed by atoms with Crippen molar-refractivity contribution in [2.24, 2.45) is 0 Å². The number of likely N-dealkylation sites (N-methyl/N-ethyl adjacent to an activating group) is 1. The smallest absolute Gasteiger partial charge is 0.278 e. The molecular weight excluding hydrogens is 290 g/mol. The van der Waals surface area contributed by atoms with E-state index in [4.69, 9.17) is 0 Å². The maximum atomic E-state index is 11.2. The zero-order valence-corrected chi connectivity index (χ0v) is 13.8. The van der Waals surface area contributed by atoms with Gasteiger partial charge >= 0.3 is 0 Å². The van der Waals surface area contributed by atoms with Crippen LogP contribution in [0.3, 0.4) is 0 Å². The van der Waals surface area contributed by atoms with Crippen molar-refractivity contribution in [3.8, 4) is 0 Å². The lowest BCUT2D eigenvalue weighted by atomic mass is 10.1. The van der Waals surface area contributed by atoms with E-state index in [1.54, 1.807) is 12.1 Å². The molecule has 0 saturated carbocycles. The second kappa shape index (κ2) is 8.41. The van der Waals surface area contributed by atoms with E-state index in [-0.39, 0.29) is 10.6 Å². The number of nitrogens with zero attached hydrogens (tertiary/aromatic N) is 1. The molecule has 0 aliphatic carbocycles. The first-order valence-electron chi connectivity index (χ1n) is 7.95. The Balaban J connectivity index is 2.15.